The van der Waals surface area contributed by atoms with Gasteiger partial charge in [-0.3, -0.25) is 9.59 Å². The van der Waals surface area contributed by atoms with Crippen LogP contribution in [0.5, 0.6) is 0 Å². The van der Waals surface area contributed by atoms with Crippen LogP contribution in [0.1, 0.15) is 49.2 Å². The lowest BCUT2D eigenvalue weighted by Crippen LogP contribution is -2.29. The van der Waals surface area contributed by atoms with Crippen LogP contribution in [0.25, 0.3) is 10.8 Å². The van der Waals surface area contributed by atoms with Crippen molar-refractivity contribution in [3.8, 4) is 0 Å². The third kappa shape index (κ3) is 4.52. The van der Waals surface area contributed by atoms with E-state index in [-0.39, 0.29) is 11.3 Å². The predicted octanol–water partition coefficient (Wildman–Crippen LogP) is 3.74. The standard InChI is InChI=1S/C22H24N4O2/c1-3-4-10-16(2)23-24-21(27)20-18-13-8-9-14-19(18)22(28)26(25-20)15-17-11-6-5-7-12-17/h5-9,11-14H,3-4,10,15H2,1-2H3,(H,24,27)/b23-16-. The van der Waals surface area contributed by atoms with E-state index in [0.29, 0.717) is 17.3 Å². The van der Waals surface area contributed by atoms with Crippen LogP contribution in [0.2, 0.25) is 0 Å². The molecule has 144 valence electrons. The molecule has 0 aliphatic heterocycles. The summed E-state index contributed by atoms with van der Waals surface area (Å²) in [5.41, 5.74) is 4.35. The average Bonchev–Trinajstić information content (AvgIpc) is 2.73. The van der Waals surface area contributed by atoms with Crippen molar-refractivity contribution in [2.75, 3.05) is 0 Å². The zero-order chi connectivity index (χ0) is 19.9. The summed E-state index contributed by atoms with van der Waals surface area (Å²) in [6.07, 6.45) is 2.92. The van der Waals surface area contributed by atoms with Gasteiger partial charge in [-0.1, -0.05) is 61.9 Å². The fraction of sp³-hybridized carbons (Fsp3) is 0.273. The molecule has 1 N–H and O–H groups in total. The Hall–Kier alpha value is -3.28. The minimum absolute atomic E-state index is 0.193. The number of carbonyl (C=O) groups is 1. The molecule has 1 amide bonds. The van der Waals surface area contributed by atoms with E-state index in [1.54, 1.807) is 24.3 Å². The van der Waals surface area contributed by atoms with Gasteiger partial charge in [0.1, 0.15) is 0 Å². The number of carbonyl (C=O) groups excluding carboxylic acids is 1. The van der Waals surface area contributed by atoms with Gasteiger partial charge in [-0.15, -0.1) is 0 Å². The molecule has 0 atom stereocenters. The van der Waals surface area contributed by atoms with Gasteiger partial charge >= 0.3 is 0 Å². The quantitative estimate of drug-likeness (QED) is 0.504. The Morgan fingerprint density at radius 3 is 2.46 bits per heavy atom. The zero-order valence-corrected chi connectivity index (χ0v) is 16.2. The number of nitrogens with one attached hydrogen (secondary N) is 1. The normalized spacial score (nSPS) is 11.6. The molecule has 0 saturated carbocycles. The van der Waals surface area contributed by atoms with E-state index in [1.165, 1.54) is 4.68 Å². The molecule has 6 nitrogen and oxygen atoms in total. The lowest BCUT2D eigenvalue weighted by atomic mass is 10.1. The second kappa shape index (κ2) is 9.08. The Kier molecular flexibility index (Phi) is 6.32. The number of amides is 1. The van der Waals surface area contributed by atoms with Crippen LogP contribution in [0, 0.1) is 0 Å². The lowest BCUT2D eigenvalue weighted by Gasteiger charge is -2.10. The SMILES string of the molecule is CCCC/C(C)=N\NC(=O)c1nn(Cc2ccccc2)c(=O)c2ccccc12. The van der Waals surface area contributed by atoms with Crippen LogP contribution in [-0.4, -0.2) is 21.4 Å². The highest BCUT2D eigenvalue weighted by atomic mass is 16.2. The molecule has 0 saturated heterocycles. The maximum absolute atomic E-state index is 12.8. The second-order valence-corrected chi connectivity index (χ2v) is 6.73. The molecule has 1 aromatic heterocycles. The molecule has 0 radical (unpaired) electrons. The number of aromatic nitrogens is 2. The van der Waals surface area contributed by atoms with E-state index in [1.807, 2.05) is 37.3 Å². The Bertz CT molecular complexity index is 1060. The largest absolute Gasteiger partial charge is 0.292 e. The highest BCUT2D eigenvalue weighted by molar-refractivity contribution is 6.05. The fourth-order valence-electron chi connectivity index (χ4n) is 2.95. The third-order valence-corrected chi connectivity index (χ3v) is 4.50. The molecule has 28 heavy (non-hydrogen) atoms. The number of fused-ring (bicyclic) bond motifs is 1. The molecule has 0 bridgehead atoms. The first-order valence-corrected chi connectivity index (χ1v) is 9.47. The van der Waals surface area contributed by atoms with Gasteiger partial charge < -0.3 is 0 Å². The zero-order valence-electron chi connectivity index (χ0n) is 16.2. The summed E-state index contributed by atoms with van der Waals surface area (Å²) in [7, 11) is 0. The molecular weight excluding hydrogens is 352 g/mol. The monoisotopic (exact) mass is 376 g/mol. The van der Waals surface area contributed by atoms with Gasteiger partial charge in [0.05, 0.1) is 11.9 Å². The Balaban J connectivity index is 1.98. The van der Waals surface area contributed by atoms with Crippen LogP contribution < -0.4 is 11.0 Å². The van der Waals surface area contributed by atoms with E-state index in [9.17, 15) is 9.59 Å². The molecule has 3 aromatic rings. The van der Waals surface area contributed by atoms with Crippen LogP contribution in [0.3, 0.4) is 0 Å². The van der Waals surface area contributed by atoms with Gasteiger partial charge in [0, 0.05) is 11.1 Å². The summed E-state index contributed by atoms with van der Waals surface area (Å²) >= 11 is 0. The first-order chi connectivity index (χ1) is 13.6. The van der Waals surface area contributed by atoms with E-state index in [4.69, 9.17) is 0 Å². The Morgan fingerprint density at radius 2 is 1.75 bits per heavy atom. The first-order valence-electron chi connectivity index (χ1n) is 9.47. The number of hydrazone groups is 1. The number of nitrogens with zero attached hydrogens (tertiary/aromatic N) is 3. The maximum atomic E-state index is 12.8. The lowest BCUT2D eigenvalue weighted by molar-refractivity contribution is 0.0949. The molecule has 1 heterocycles. The number of hydrogen-bond acceptors (Lipinski definition) is 4. The van der Waals surface area contributed by atoms with Crippen molar-refractivity contribution < 1.29 is 4.79 Å². The number of benzene rings is 2. The van der Waals surface area contributed by atoms with Crippen molar-refractivity contribution >= 4 is 22.4 Å². The van der Waals surface area contributed by atoms with Crippen molar-refractivity contribution in [1.29, 1.82) is 0 Å². The van der Waals surface area contributed by atoms with Gasteiger partial charge in [0.15, 0.2) is 5.69 Å². The molecule has 0 fully saturated rings. The Labute approximate surface area is 163 Å². The molecule has 0 aliphatic carbocycles. The minimum atomic E-state index is -0.422. The van der Waals surface area contributed by atoms with Crippen molar-refractivity contribution in [2.45, 2.75) is 39.7 Å². The van der Waals surface area contributed by atoms with Crippen LogP contribution in [-0.2, 0) is 6.54 Å². The molecule has 3 rings (SSSR count). The first kappa shape index (κ1) is 19.5. The Morgan fingerprint density at radius 1 is 1.07 bits per heavy atom. The van der Waals surface area contributed by atoms with Crippen molar-refractivity contribution in [3.05, 3.63) is 76.2 Å². The van der Waals surface area contributed by atoms with Gasteiger partial charge in [-0.2, -0.15) is 10.2 Å². The molecule has 2 aromatic carbocycles. The van der Waals surface area contributed by atoms with Crippen LogP contribution in [0.4, 0.5) is 0 Å². The van der Waals surface area contributed by atoms with Gasteiger partial charge in [0.25, 0.3) is 11.5 Å². The predicted molar refractivity (Wildman–Crippen MR) is 112 cm³/mol. The molecular formula is C22H24N4O2. The second-order valence-electron chi connectivity index (χ2n) is 6.73. The summed E-state index contributed by atoms with van der Waals surface area (Å²) in [6, 6.07) is 16.6. The average molecular weight is 376 g/mol. The number of rotatable bonds is 7. The van der Waals surface area contributed by atoms with E-state index in [0.717, 1.165) is 30.5 Å². The van der Waals surface area contributed by atoms with Gasteiger partial charge in [-0.25, -0.2) is 10.1 Å². The number of hydrogen-bond donors (Lipinski definition) is 1. The minimum Gasteiger partial charge on any atom is -0.267 e. The molecule has 0 spiro atoms. The van der Waals surface area contributed by atoms with E-state index in [2.05, 4.69) is 22.5 Å². The highest BCUT2D eigenvalue weighted by Crippen LogP contribution is 2.14. The van der Waals surface area contributed by atoms with Gasteiger partial charge in [-0.05, 0) is 31.4 Å². The summed E-state index contributed by atoms with van der Waals surface area (Å²) in [4.78, 5) is 25.6. The summed E-state index contributed by atoms with van der Waals surface area (Å²) < 4.78 is 1.33. The van der Waals surface area contributed by atoms with Crippen LogP contribution in [0.15, 0.2) is 64.5 Å². The van der Waals surface area contributed by atoms with Crippen LogP contribution >= 0.6 is 0 Å². The molecule has 0 aliphatic rings. The van der Waals surface area contributed by atoms with Crippen molar-refractivity contribution in [1.82, 2.24) is 15.2 Å². The van der Waals surface area contributed by atoms with Gasteiger partial charge in [0.2, 0.25) is 0 Å². The van der Waals surface area contributed by atoms with E-state index >= 15 is 0 Å². The summed E-state index contributed by atoms with van der Waals surface area (Å²) in [6.45, 7) is 4.29. The number of unbranched alkanes of at least 4 members (excludes halogenated alkanes) is 1. The summed E-state index contributed by atoms with van der Waals surface area (Å²) in [5, 5.41) is 9.52. The smallest absolute Gasteiger partial charge is 0.267 e. The van der Waals surface area contributed by atoms with Crippen molar-refractivity contribution in [2.24, 2.45) is 5.10 Å². The van der Waals surface area contributed by atoms with Crippen molar-refractivity contribution in [3.63, 3.8) is 0 Å². The third-order valence-electron chi connectivity index (χ3n) is 4.50. The summed E-state index contributed by atoms with van der Waals surface area (Å²) in [5.74, 6) is -0.422. The molecule has 0 unspecified atom stereocenters. The van der Waals surface area contributed by atoms with E-state index < -0.39 is 5.91 Å². The topological polar surface area (TPSA) is 76.3 Å². The highest BCUT2D eigenvalue weighted by Gasteiger charge is 2.16. The fourth-order valence-corrected chi connectivity index (χ4v) is 2.95. The molecule has 6 heteroatoms. The maximum Gasteiger partial charge on any atom is 0.292 e.